The lowest BCUT2D eigenvalue weighted by Gasteiger charge is -2.30. The predicted octanol–water partition coefficient (Wildman–Crippen LogP) is 2.29. The summed E-state index contributed by atoms with van der Waals surface area (Å²) >= 11 is 0. The molecule has 2 aliphatic rings. The van der Waals surface area contributed by atoms with E-state index in [9.17, 15) is 63.3 Å². The van der Waals surface area contributed by atoms with Crippen molar-refractivity contribution in [1.29, 1.82) is 0 Å². The fraction of sp³-hybridized carbons (Fsp3) is 0.597. The third-order valence-corrected chi connectivity index (χ3v) is 16.4. The molecule has 2 aromatic carbocycles. The number of phenols is 1. The van der Waals surface area contributed by atoms with Gasteiger partial charge in [0.15, 0.2) is 17.5 Å². The number of unbranched alkanes of at least 4 members (excludes halogenated alkanes) is 1. The van der Waals surface area contributed by atoms with Crippen LogP contribution in [0.1, 0.15) is 148 Å². The Bertz CT molecular complexity index is 2850. The van der Waals surface area contributed by atoms with Crippen LogP contribution in [0.5, 0.6) is 5.75 Å². The summed E-state index contributed by atoms with van der Waals surface area (Å²) in [7, 11) is 0. The van der Waals surface area contributed by atoms with E-state index in [-0.39, 0.29) is 86.7 Å². The molecule has 7 amide bonds. The predicted molar refractivity (Wildman–Crippen MR) is 322 cm³/mol. The van der Waals surface area contributed by atoms with Crippen LogP contribution in [0.2, 0.25) is 0 Å². The molecule has 10 atom stereocenters. The highest BCUT2D eigenvalue weighted by Crippen LogP contribution is 2.30. The molecule has 1 aromatic heterocycles. The van der Waals surface area contributed by atoms with Gasteiger partial charge in [0, 0.05) is 87.5 Å². The van der Waals surface area contributed by atoms with Crippen LogP contribution in [0.4, 0.5) is 0 Å². The summed E-state index contributed by atoms with van der Waals surface area (Å²) < 4.78 is 0. The van der Waals surface area contributed by atoms with Gasteiger partial charge in [-0.15, -0.1) is 0 Å². The number of benzene rings is 2. The topological polar surface area (TPSA) is 415 Å². The molecule has 472 valence electrons. The van der Waals surface area contributed by atoms with E-state index in [4.69, 9.17) is 22.9 Å². The zero-order chi connectivity index (χ0) is 63.2. The van der Waals surface area contributed by atoms with Gasteiger partial charge in [-0.1, -0.05) is 82.7 Å². The Balaban J connectivity index is 1.25. The van der Waals surface area contributed by atoms with Crippen molar-refractivity contribution in [3.05, 3.63) is 65.9 Å². The van der Waals surface area contributed by atoms with Crippen molar-refractivity contribution in [1.82, 2.24) is 31.2 Å². The summed E-state index contributed by atoms with van der Waals surface area (Å²) in [5.74, 6) is -9.22. The standard InChI is InChI=1S/C62H91N11O13/c1-35(2)25-40(54(79)29-41(16-12-24-67-62(65)66)58(83)72-50(57(64)82)28-42-33-68-47-18-10-9-17-45(42)47)15-8-11-19-53(78)48(26-38-13-6-5-7-14-38)70-59(84)46(36(3)74)31-55(80)49(32-56(63)81)71-60(85)52-30-44(77)34-73(52)61(86)51(69-37(4)75)27-39-20-22-43(76)23-21-39/h9-10,17-18,20-23,33,35-36,38,40-41,44,46,48-52,68,74,76-77H,5-8,11-16,19,24-32,34H2,1-4H3,(H2,63,81)(H2,64,82)(H,69,75)(H,70,84)(H,71,85)(H,72,83)(H4,65,66,67)/t36-,40+,41-,44-,46+,48+,49+,50+,51-,52+/m1/s1. The number of aliphatic hydroxyl groups excluding tert-OH is 2. The quantitative estimate of drug-likeness (QED) is 0.0226. The van der Waals surface area contributed by atoms with Gasteiger partial charge >= 0.3 is 0 Å². The maximum atomic E-state index is 14.3. The number of nitrogens with one attached hydrogen (secondary N) is 5. The normalized spacial score (nSPS) is 18.1. The number of hydrogen-bond donors (Lipinski definition) is 12. The number of primary amides is 2. The number of nitrogens with two attached hydrogens (primary N) is 4. The number of aliphatic hydroxyl groups is 2. The Morgan fingerprint density at radius 1 is 0.721 bits per heavy atom. The van der Waals surface area contributed by atoms with Crippen molar-refractivity contribution in [2.24, 2.45) is 57.5 Å². The van der Waals surface area contributed by atoms with Gasteiger partial charge in [0.1, 0.15) is 29.7 Å². The van der Waals surface area contributed by atoms with Crippen LogP contribution in [0.15, 0.2) is 59.7 Å². The number of aromatic nitrogens is 1. The van der Waals surface area contributed by atoms with Crippen LogP contribution in [0, 0.1) is 29.6 Å². The minimum atomic E-state index is -1.63. The number of aromatic hydroxyl groups is 1. The SMILES string of the molecule is CC(=O)N[C@H](Cc1ccc(O)cc1)C(=O)N1C[C@H](O)C[C@H]1C(=O)N[C@@H](CC(N)=O)C(=O)C[C@H](C(=O)N[C@@H](CC1CCCCC1)C(=O)CCCC[C@@H](CC(C)C)C(=O)C[C@@H](CCCN=C(N)N)C(=O)N[C@@H](Cc1c[nH]c2ccccc12)C(N)=O)[C@@H](C)O. The van der Waals surface area contributed by atoms with Gasteiger partial charge in [-0.3, -0.25) is 52.9 Å². The number of nitrogens with zero attached hydrogens (tertiary/aromatic N) is 2. The molecule has 2 heterocycles. The van der Waals surface area contributed by atoms with E-state index in [0.29, 0.717) is 44.1 Å². The molecule has 24 heteroatoms. The van der Waals surface area contributed by atoms with E-state index in [0.717, 1.165) is 53.5 Å². The Labute approximate surface area is 502 Å². The molecule has 16 N–H and O–H groups in total. The molecule has 0 unspecified atom stereocenters. The van der Waals surface area contributed by atoms with Gasteiger partial charge in [0.05, 0.1) is 36.6 Å². The highest BCUT2D eigenvalue weighted by molar-refractivity contribution is 5.99. The third-order valence-electron chi connectivity index (χ3n) is 16.4. The summed E-state index contributed by atoms with van der Waals surface area (Å²) in [6.45, 7) is 6.39. The van der Waals surface area contributed by atoms with Crippen LogP contribution in [-0.2, 0) is 60.8 Å². The highest BCUT2D eigenvalue weighted by Gasteiger charge is 2.43. The van der Waals surface area contributed by atoms with Crippen LogP contribution in [0.3, 0.4) is 0 Å². The molecule has 86 heavy (non-hydrogen) atoms. The number of H-pyrrole nitrogens is 1. The molecule has 1 saturated heterocycles. The Hall–Kier alpha value is -7.73. The number of β-amino-alcohol motifs (C(OH)–C–C–N with tert-alkyl or cyclic N) is 1. The van der Waals surface area contributed by atoms with E-state index < -0.39 is 120 Å². The van der Waals surface area contributed by atoms with E-state index >= 15 is 0 Å². The smallest absolute Gasteiger partial charge is 0.246 e. The third kappa shape index (κ3) is 22.0. The zero-order valence-corrected chi connectivity index (χ0v) is 50.1. The number of phenolic OH excluding ortho intramolecular Hbond substituents is 1. The number of amides is 7. The molecule has 24 nitrogen and oxygen atoms in total. The number of Topliss-reactive ketones (excluding diaryl/α,β-unsaturated/α-hetero) is 3. The van der Waals surface area contributed by atoms with Gasteiger partial charge in [-0.2, -0.15) is 0 Å². The molecule has 5 rings (SSSR count). The average Bonchev–Trinajstić information content (AvgIpc) is 2.61. The molecule has 1 saturated carbocycles. The molecular formula is C62H91N11O13. The second kappa shape index (κ2) is 33.8. The highest BCUT2D eigenvalue weighted by atomic mass is 16.3. The minimum Gasteiger partial charge on any atom is -0.508 e. The van der Waals surface area contributed by atoms with E-state index in [1.165, 1.54) is 26.0 Å². The number of carbonyl (C=O) groups excluding carboxylic acids is 10. The molecule has 1 aliphatic heterocycles. The lowest BCUT2D eigenvalue weighted by molar-refractivity contribution is -0.142. The van der Waals surface area contributed by atoms with Crippen LogP contribution in [0.25, 0.3) is 10.9 Å². The maximum absolute atomic E-state index is 14.3. The molecule has 3 aromatic rings. The summed E-state index contributed by atoms with van der Waals surface area (Å²) in [6.07, 6.45) is 4.68. The largest absolute Gasteiger partial charge is 0.508 e. The van der Waals surface area contributed by atoms with E-state index in [2.05, 4.69) is 31.2 Å². The second-order valence-corrected chi connectivity index (χ2v) is 24.0. The fourth-order valence-corrected chi connectivity index (χ4v) is 11.8. The number of para-hydroxylation sites is 1. The van der Waals surface area contributed by atoms with Crippen molar-refractivity contribution in [2.75, 3.05) is 13.1 Å². The van der Waals surface area contributed by atoms with Crippen molar-refractivity contribution >= 4 is 75.6 Å². The number of aromatic amines is 1. The maximum Gasteiger partial charge on any atom is 0.246 e. The Morgan fingerprint density at radius 2 is 1.40 bits per heavy atom. The summed E-state index contributed by atoms with van der Waals surface area (Å²) in [5, 5.41) is 43.1. The second-order valence-electron chi connectivity index (χ2n) is 24.0. The number of hydrogen-bond acceptors (Lipinski definition) is 14. The zero-order valence-electron chi connectivity index (χ0n) is 50.1. The molecule has 2 fully saturated rings. The fourth-order valence-electron chi connectivity index (χ4n) is 11.8. The number of likely N-dealkylation sites (tertiary alicyclic amines) is 1. The number of rotatable bonds is 36. The first-order valence-electron chi connectivity index (χ1n) is 30.2. The summed E-state index contributed by atoms with van der Waals surface area (Å²) in [4.78, 5) is 145. The molecular weight excluding hydrogens is 1110 g/mol. The van der Waals surface area contributed by atoms with Crippen molar-refractivity contribution in [2.45, 2.75) is 192 Å². The number of guanidine groups is 1. The number of ketones is 3. The number of fused-ring (bicyclic) bond motifs is 1. The van der Waals surface area contributed by atoms with Crippen LogP contribution >= 0.6 is 0 Å². The first-order chi connectivity index (χ1) is 40.8. The van der Waals surface area contributed by atoms with Gasteiger partial charge in [0.25, 0.3) is 0 Å². The van der Waals surface area contributed by atoms with Crippen molar-refractivity contribution in [3.63, 3.8) is 0 Å². The van der Waals surface area contributed by atoms with E-state index in [1.807, 2.05) is 38.1 Å². The number of aliphatic imine (C=N–C) groups is 1. The van der Waals surface area contributed by atoms with E-state index in [1.54, 1.807) is 18.3 Å². The molecule has 0 bridgehead atoms. The summed E-state index contributed by atoms with van der Waals surface area (Å²) in [6, 6.07) is 7.20. The van der Waals surface area contributed by atoms with Crippen LogP contribution in [-0.4, -0.2) is 145 Å². The molecule has 0 spiro atoms. The summed E-state index contributed by atoms with van der Waals surface area (Å²) in [5.41, 5.74) is 24.7. The number of carbonyl (C=O) groups is 10. The monoisotopic (exact) mass is 1200 g/mol. The van der Waals surface area contributed by atoms with Crippen LogP contribution < -0.4 is 44.2 Å². The van der Waals surface area contributed by atoms with Gasteiger partial charge < -0.3 is 69.4 Å². The van der Waals surface area contributed by atoms with Gasteiger partial charge in [-0.25, -0.2) is 0 Å². The van der Waals surface area contributed by atoms with Gasteiger partial charge in [0.2, 0.25) is 41.4 Å². The first kappa shape index (κ1) is 69.0. The molecule has 1 aliphatic carbocycles. The molecule has 0 radical (unpaired) electrons. The lowest BCUT2D eigenvalue weighted by atomic mass is 9.82. The Morgan fingerprint density at radius 3 is 2.03 bits per heavy atom. The lowest BCUT2D eigenvalue weighted by Crippen LogP contribution is -2.56. The first-order valence-corrected chi connectivity index (χ1v) is 30.2. The Kier molecular flexibility index (Phi) is 27.2. The van der Waals surface area contributed by atoms with Crippen molar-refractivity contribution < 1.29 is 63.3 Å². The van der Waals surface area contributed by atoms with Crippen molar-refractivity contribution in [3.8, 4) is 5.75 Å². The minimum absolute atomic E-state index is 0.0205. The average molecular weight is 1200 g/mol. The van der Waals surface area contributed by atoms with Gasteiger partial charge in [-0.05, 0) is 86.6 Å².